The molecule has 2 saturated heterocycles. The van der Waals surface area contributed by atoms with Gasteiger partial charge in [-0.3, -0.25) is 9.89 Å². The number of aliphatic imine (C=N–C) groups is 1. The molecular weight excluding hydrogens is 418 g/mol. The van der Waals surface area contributed by atoms with Gasteiger partial charge in [0, 0.05) is 46.2 Å². The number of aromatic nitrogens is 1. The van der Waals surface area contributed by atoms with E-state index in [1.165, 1.54) is 15.3 Å². The van der Waals surface area contributed by atoms with Crippen LogP contribution in [0.15, 0.2) is 59.6 Å². The summed E-state index contributed by atoms with van der Waals surface area (Å²) in [5.41, 5.74) is 2.47. The highest BCUT2D eigenvalue weighted by atomic mass is 32.1. The summed E-state index contributed by atoms with van der Waals surface area (Å²) in [5, 5.41) is 4.78. The number of thiazole rings is 1. The van der Waals surface area contributed by atoms with Gasteiger partial charge in [-0.25, -0.2) is 4.98 Å². The molecule has 168 valence electrons. The van der Waals surface area contributed by atoms with Crippen molar-refractivity contribution in [3.05, 3.63) is 65.2 Å². The number of ether oxygens (including phenoxy) is 1. The standard InChI is InChI=1S/C25H31N5OS/c1-26-25(27-13-7-12-24-28-20-10-5-6-11-23(20)32-24)30-17-21-22(18-30)31-15-14-29(21)16-19-8-3-2-4-9-19/h2-6,8-11,21-22H,7,12-18H2,1H3,(H,26,27). The molecule has 1 N–H and O–H groups in total. The molecule has 2 aromatic carbocycles. The van der Waals surface area contributed by atoms with Crippen molar-refractivity contribution in [3.63, 3.8) is 0 Å². The highest BCUT2D eigenvalue weighted by Crippen LogP contribution is 2.25. The molecule has 7 heteroatoms. The van der Waals surface area contributed by atoms with Crippen molar-refractivity contribution in [1.29, 1.82) is 0 Å². The predicted molar refractivity (Wildman–Crippen MR) is 131 cm³/mol. The molecule has 5 rings (SSSR count). The molecule has 2 fully saturated rings. The number of hydrogen-bond acceptors (Lipinski definition) is 5. The van der Waals surface area contributed by atoms with Crippen molar-refractivity contribution < 1.29 is 4.74 Å². The van der Waals surface area contributed by atoms with Gasteiger partial charge in [0.2, 0.25) is 0 Å². The fraction of sp³-hybridized carbons (Fsp3) is 0.440. The minimum Gasteiger partial charge on any atom is -0.373 e. The molecule has 2 unspecified atom stereocenters. The van der Waals surface area contributed by atoms with Crippen LogP contribution in [0.1, 0.15) is 17.0 Å². The first kappa shape index (κ1) is 21.4. The van der Waals surface area contributed by atoms with E-state index in [0.29, 0.717) is 6.04 Å². The summed E-state index contributed by atoms with van der Waals surface area (Å²) in [6, 6.07) is 19.5. The lowest BCUT2D eigenvalue weighted by atomic mass is 10.1. The molecule has 0 aliphatic carbocycles. The fourth-order valence-electron chi connectivity index (χ4n) is 4.74. The zero-order chi connectivity index (χ0) is 21.8. The largest absolute Gasteiger partial charge is 0.373 e. The summed E-state index contributed by atoms with van der Waals surface area (Å²) in [7, 11) is 1.88. The van der Waals surface area contributed by atoms with Crippen molar-refractivity contribution in [2.75, 3.05) is 39.8 Å². The molecule has 0 bridgehead atoms. The summed E-state index contributed by atoms with van der Waals surface area (Å²) in [6.07, 6.45) is 2.27. The number of hydrogen-bond donors (Lipinski definition) is 1. The van der Waals surface area contributed by atoms with E-state index in [1.54, 1.807) is 11.3 Å². The molecular formula is C25H31N5OS. The third-order valence-electron chi connectivity index (χ3n) is 6.34. The molecule has 2 atom stereocenters. The second-order valence-corrected chi connectivity index (χ2v) is 9.61. The minimum absolute atomic E-state index is 0.244. The molecule has 2 aliphatic rings. The van der Waals surface area contributed by atoms with Gasteiger partial charge < -0.3 is 15.0 Å². The van der Waals surface area contributed by atoms with Crippen LogP contribution in [0, 0.1) is 0 Å². The monoisotopic (exact) mass is 449 g/mol. The summed E-state index contributed by atoms with van der Waals surface area (Å²) in [5.74, 6) is 0.979. The number of nitrogens with one attached hydrogen (secondary N) is 1. The molecule has 2 aliphatic heterocycles. The highest BCUT2D eigenvalue weighted by Gasteiger charge is 2.41. The van der Waals surface area contributed by atoms with Gasteiger partial charge >= 0.3 is 0 Å². The summed E-state index contributed by atoms with van der Waals surface area (Å²) in [4.78, 5) is 14.2. The van der Waals surface area contributed by atoms with Gasteiger partial charge in [0.15, 0.2) is 5.96 Å². The first-order valence-corrected chi connectivity index (χ1v) is 12.3. The number of benzene rings is 2. The Morgan fingerprint density at radius 2 is 2.00 bits per heavy atom. The predicted octanol–water partition coefficient (Wildman–Crippen LogP) is 3.39. The third kappa shape index (κ3) is 4.80. The van der Waals surface area contributed by atoms with Gasteiger partial charge in [-0.2, -0.15) is 0 Å². The van der Waals surface area contributed by atoms with E-state index < -0.39 is 0 Å². The summed E-state index contributed by atoms with van der Waals surface area (Å²) in [6.45, 7) is 5.51. The maximum Gasteiger partial charge on any atom is 0.193 e. The van der Waals surface area contributed by atoms with Crippen LogP contribution in [0.5, 0.6) is 0 Å². The third-order valence-corrected chi connectivity index (χ3v) is 7.44. The van der Waals surface area contributed by atoms with Crippen molar-refractivity contribution in [1.82, 2.24) is 20.1 Å². The Kier molecular flexibility index (Phi) is 6.67. The number of morpholine rings is 1. The second-order valence-electron chi connectivity index (χ2n) is 8.49. The number of likely N-dealkylation sites (tertiary alicyclic amines) is 1. The first-order valence-electron chi connectivity index (χ1n) is 11.5. The van der Waals surface area contributed by atoms with Gasteiger partial charge in [0.05, 0.1) is 34.0 Å². The number of para-hydroxylation sites is 1. The summed E-state index contributed by atoms with van der Waals surface area (Å²) < 4.78 is 7.40. The molecule has 32 heavy (non-hydrogen) atoms. The lowest BCUT2D eigenvalue weighted by Gasteiger charge is -2.36. The van der Waals surface area contributed by atoms with E-state index in [2.05, 4.69) is 74.7 Å². The van der Waals surface area contributed by atoms with Gasteiger partial charge in [-0.05, 0) is 24.1 Å². The maximum absolute atomic E-state index is 6.13. The normalized spacial score (nSPS) is 21.8. The van der Waals surface area contributed by atoms with Crippen molar-refractivity contribution in [3.8, 4) is 0 Å². The zero-order valence-corrected chi connectivity index (χ0v) is 19.4. The van der Waals surface area contributed by atoms with E-state index in [0.717, 1.165) is 63.6 Å². The van der Waals surface area contributed by atoms with Gasteiger partial charge in [0.25, 0.3) is 0 Å². The Morgan fingerprint density at radius 3 is 2.84 bits per heavy atom. The quantitative estimate of drug-likeness (QED) is 0.355. The highest BCUT2D eigenvalue weighted by molar-refractivity contribution is 7.18. The van der Waals surface area contributed by atoms with Crippen molar-refractivity contribution in [2.45, 2.75) is 31.5 Å². The van der Waals surface area contributed by atoms with Crippen LogP contribution in [0.25, 0.3) is 10.2 Å². The van der Waals surface area contributed by atoms with Gasteiger partial charge in [0.1, 0.15) is 0 Å². The van der Waals surface area contributed by atoms with E-state index in [-0.39, 0.29) is 6.10 Å². The molecule has 1 aromatic heterocycles. The molecule has 3 heterocycles. The van der Waals surface area contributed by atoms with Gasteiger partial charge in [-0.15, -0.1) is 11.3 Å². The van der Waals surface area contributed by atoms with E-state index >= 15 is 0 Å². The van der Waals surface area contributed by atoms with Crippen LogP contribution in [-0.2, 0) is 17.7 Å². The Bertz CT molecular complexity index is 1020. The average molecular weight is 450 g/mol. The topological polar surface area (TPSA) is 53.0 Å². The van der Waals surface area contributed by atoms with Crippen LogP contribution in [0.3, 0.4) is 0 Å². The van der Waals surface area contributed by atoms with Crippen LogP contribution in [-0.4, -0.2) is 72.7 Å². The molecule has 0 radical (unpaired) electrons. The second kappa shape index (κ2) is 9.98. The van der Waals surface area contributed by atoms with Crippen LogP contribution >= 0.6 is 11.3 Å². The molecule has 0 saturated carbocycles. The number of fused-ring (bicyclic) bond motifs is 2. The number of guanidine groups is 1. The van der Waals surface area contributed by atoms with Crippen molar-refractivity contribution >= 4 is 27.5 Å². The molecule has 0 spiro atoms. The number of aryl methyl sites for hydroxylation is 1. The molecule has 3 aromatic rings. The van der Waals surface area contributed by atoms with E-state index in [9.17, 15) is 0 Å². The Morgan fingerprint density at radius 1 is 1.16 bits per heavy atom. The summed E-state index contributed by atoms with van der Waals surface area (Å²) >= 11 is 1.80. The minimum atomic E-state index is 0.244. The molecule has 0 amide bonds. The fourth-order valence-corrected chi connectivity index (χ4v) is 5.75. The Hall–Kier alpha value is -2.48. The molecule has 6 nitrogen and oxygen atoms in total. The Labute approximate surface area is 193 Å². The number of rotatable bonds is 6. The first-order chi connectivity index (χ1) is 15.8. The average Bonchev–Trinajstić information content (AvgIpc) is 3.44. The van der Waals surface area contributed by atoms with Crippen LogP contribution in [0.4, 0.5) is 0 Å². The lowest BCUT2D eigenvalue weighted by molar-refractivity contribution is -0.0502. The lowest BCUT2D eigenvalue weighted by Crippen LogP contribution is -2.50. The van der Waals surface area contributed by atoms with Crippen molar-refractivity contribution in [2.24, 2.45) is 4.99 Å². The number of nitrogens with zero attached hydrogens (tertiary/aromatic N) is 4. The van der Waals surface area contributed by atoms with E-state index in [1.807, 2.05) is 7.05 Å². The SMILES string of the molecule is CN=C(NCCCc1nc2ccccc2s1)N1CC2OCCN(Cc3ccccc3)C2C1. The van der Waals surface area contributed by atoms with Gasteiger partial charge in [-0.1, -0.05) is 42.5 Å². The Balaban J connectivity index is 1.13. The smallest absolute Gasteiger partial charge is 0.193 e. The zero-order valence-electron chi connectivity index (χ0n) is 18.6. The maximum atomic E-state index is 6.13. The van der Waals surface area contributed by atoms with Crippen LogP contribution < -0.4 is 5.32 Å². The van der Waals surface area contributed by atoms with E-state index in [4.69, 9.17) is 9.72 Å². The van der Waals surface area contributed by atoms with Crippen LogP contribution in [0.2, 0.25) is 0 Å².